The van der Waals surface area contributed by atoms with Crippen LogP contribution in [0, 0.1) is 15.5 Å². The van der Waals surface area contributed by atoms with Gasteiger partial charge in [-0.1, -0.05) is 38.6 Å². The van der Waals surface area contributed by atoms with Crippen LogP contribution in [0.1, 0.15) is 41.0 Å². The molecular weight excluding hydrogens is 368 g/mol. The van der Waals surface area contributed by atoms with Crippen molar-refractivity contribution in [1.82, 2.24) is 15.5 Å². The van der Waals surface area contributed by atoms with Crippen molar-refractivity contribution in [3.8, 4) is 11.5 Å². The summed E-state index contributed by atoms with van der Waals surface area (Å²) in [7, 11) is 0. The van der Waals surface area contributed by atoms with Crippen LogP contribution in [-0.4, -0.2) is 32.3 Å². The van der Waals surface area contributed by atoms with E-state index in [0.717, 1.165) is 18.2 Å². The molecule has 1 N–H and O–H groups in total. The zero-order chi connectivity index (χ0) is 20.2. The van der Waals surface area contributed by atoms with Gasteiger partial charge >= 0.3 is 0 Å². The molecule has 8 nitrogen and oxygen atoms in total. The van der Waals surface area contributed by atoms with Gasteiger partial charge < -0.3 is 9.73 Å². The smallest absolute Gasteiger partial charge is 0.277 e. The van der Waals surface area contributed by atoms with Gasteiger partial charge in [0.25, 0.3) is 10.9 Å². The van der Waals surface area contributed by atoms with E-state index in [1.165, 1.54) is 12.1 Å². The third kappa shape index (κ3) is 6.67. The van der Waals surface area contributed by atoms with Crippen LogP contribution >= 0.6 is 11.8 Å². The van der Waals surface area contributed by atoms with E-state index < -0.39 is 4.92 Å². The Hall–Kier alpha value is -2.42. The van der Waals surface area contributed by atoms with Gasteiger partial charge in [-0.2, -0.15) is 0 Å². The van der Waals surface area contributed by atoms with Crippen molar-refractivity contribution in [1.29, 1.82) is 0 Å². The molecule has 27 heavy (non-hydrogen) atoms. The van der Waals surface area contributed by atoms with Crippen LogP contribution in [0.3, 0.4) is 0 Å². The molecular formula is C18H24N4O4S. The molecule has 0 saturated heterocycles. The molecule has 0 aliphatic carbocycles. The van der Waals surface area contributed by atoms with Crippen LogP contribution in [0.15, 0.2) is 33.9 Å². The van der Waals surface area contributed by atoms with E-state index in [0.29, 0.717) is 5.56 Å². The van der Waals surface area contributed by atoms with Gasteiger partial charge in [0, 0.05) is 23.2 Å². The molecule has 0 radical (unpaired) electrons. The Kier molecular flexibility index (Phi) is 6.25. The number of nitrogens with one attached hydrogen (secondary N) is 1. The Morgan fingerprint density at radius 1 is 1.26 bits per heavy atom. The Bertz CT molecular complexity index is 827. The summed E-state index contributed by atoms with van der Waals surface area (Å²) in [6.45, 7) is 10.4. The number of carbonyl (C=O) groups is 1. The minimum Gasteiger partial charge on any atom is -0.411 e. The lowest BCUT2D eigenvalue weighted by Crippen LogP contribution is -2.46. The van der Waals surface area contributed by atoms with Crippen LogP contribution in [0.25, 0.3) is 11.5 Å². The fraction of sp³-hybridized carbons (Fsp3) is 0.500. The predicted molar refractivity (Wildman–Crippen MR) is 103 cm³/mol. The van der Waals surface area contributed by atoms with Gasteiger partial charge in [-0.3, -0.25) is 14.9 Å². The molecule has 1 heterocycles. The molecule has 2 aromatic rings. The van der Waals surface area contributed by atoms with E-state index in [-0.39, 0.29) is 39.4 Å². The summed E-state index contributed by atoms with van der Waals surface area (Å²) in [5.41, 5.74) is 0.183. The summed E-state index contributed by atoms with van der Waals surface area (Å²) in [6, 6.07) is 5.95. The summed E-state index contributed by atoms with van der Waals surface area (Å²) < 4.78 is 5.50. The SMILES string of the molecule is CC(C)(C)CC(C)(C)NC(=O)CSc1nnc(-c2cccc([N+](=O)[O-])c2)o1. The molecule has 0 aliphatic heterocycles. The van der Waals surface area contributed by atoms with Crippen molar-refractivity contribution in [3.05, 3.63) is 34.4 Å². The summed E-state index contributed by atoms with van der Waals surface area (Å²) in [5, 5.41) is 21.9. The lowest BCUT2D eigenvalue weighted by molar-refractivity contribution is -0.384. The van der Waals surface area contributed by atoms with Gasteiger partial charge in [0.05, 0.1) is 10.7 Å². The maximum Gasteiger partial charge on any atom is 0.277 e. The highest BCUT2D eigenvalue weighted by Crippen LogP contribution is 2.28. The first-order chi connectivity index (χ1) is 12.5. The molecule has 0 unspecified atom stereocenters. The quantitative estimate of drug-likeness (QED) is 0.429. The number of non-ortho nitro benzene ring substituents is 1. The van der Waals surface area contributed by atoms with E-state index in [1.807, 2.05) is 13.8 Å². The van der Waals surface area contributed by atoms with Crippen LogP contribution in [-0.2, 0) is 4.79 Å². The second kappa shape index (κ2) is 8.08. The normalized spacial score (nSPS) is 12.0. The maximum absolute atomic E-state index is 12.2. The highest BCUT2D eigenvalue weighted by Gasteiger charge is 2.27. The highest BCUT2D eigenvalue weighted by molar-refractivity contribution is 7.99. The summed E-state index contributed by atoms with van der Waals surface area (Å²) in [5.74, 6) is 0.198. The zero-order valence-corrected chi connectivity index (χ0v) is 16.9. The third-order valence-corrected chi connectivity index (χ3v) is 4.31. The molecule has 1 aromatic carbocycles. The number of rotatable bonds is 7. The van der Waals surface area contributed by atoms with Gasteiger partial charge in [-0.15, -0.1) is 10.2 Å². The topological polar surface area (TPSA) is 111 Å². The monoisotopic (exact) mass is 392 g/mol. The van der Waals surface area contributed by atoms with Crippen LogP contribution < -0.4 is 5.32 Å². The lowest BCUT2D eigenvalue weighted by Gasteiger charge is -2.33. The third-order valence-electron chi connectivity index (χ3n) is 3.49. The van der Waals surface area contributed by atoms with Crippen molar-refractivity contribution >= 4 is 23.4 Å². The number of aromatic nitrogens is 2. The van der Waals surface area contributed by atoms with Crippen molar-refractivity contribution in [3.63, 3.8) is 0 Å². The zero-order valence-electron chi connectivity index (χ0n) is 16.1. The number of nitrogens with zero attached hydrogens (tertiary/aromatic N) is 3. The molecule has 1 amide bonds. The van der Waals surface area contributed by atoms with Crippen molar-refractivity contribution < 1.29 is 14.1 Å². The Morgan fingerprint density at radius 3 is 2.59 bits per heavy atom. The van der Waals surface area contributed by atoms with Gasteiger partial charge in [0.15, 0.2) is 0 Å². The summed E-state index contributed by atoms with van der Waals surface area (Å²) in [4.78, 5) is 22.6. The number of thioether (sulfide) groups is 1. The maximum atomic E-state index is 12.2. The van der Waals surface area contributed by atoms with Gasteiger partial charge in [-0.25, -0.2) is 0 Å². The fourth-order valence-corrected chi connectivity index (χ4v) is 3.61. The number of carbonyl (C=O) groups excluding carboxylic acids is 1. The first kappa shape index (κ1) is 20.9. The van der Waals surface area contributed by atoms with Crippen molar-refractivity contribution in [2.45, 2.75) is 51.8 Å². The number of nitro groups is 1. The van der Waals surface area contributed by atoms with Gasteiger partial charge in [0.2, 0.25) is 11.8 Å². The molecule has 0 aliphatic rings. The van der Waals surface area contributed by atoms with Crippen LogP contribution in [0.4, 0.5) is 5.69 Å². The molecule has 0 bridgehead atoms. The van der Waals surface area contributed by atoms with Crippen molar-refractivity contribution in [2.24, 2.45) is 5.41 Å². The van der Waals surface area contributed by atoms with Gasteiger partial charge in [-0.05, 0) is 31.7 Å². The number of hydrogen-bond acceptors (Lipinski definition) is 7. The number of benzene rings is 1. The average molecular weight is 392 g/mol. The van der Waals surface area contributed by atoms with E-state index in [9.17, 15) is 14.9 Å². The Labute approximate surface area is 162 Å². The van der Waals surface area contributed by atoms with Gasteiger partial charge in [0.1, 0.15) is 0 Å². The first-order valence-corrected chi connectivity index (χ1v) is 9.46. The van der Waals surface area contributed by atoms with Crippen LogP contribution in [0.5, 0.6) is 0 Å². The van der Waals surface area contributed by atoms with Crippen molar-refractivity contribution in [2.75, 3.05) is 5.75 Å². The predicted octanol–water partition coefficient (Wildman–Crippen LogP) is 4.07. The second-order valence-corrected chi connectivity index (χ2v) is 9.07. The lowest BCUT2D eigenvalue weighted by atomic mass is 9.82. The minimum atomic E-state index is -0.487. The fourth-order valence-electron chi connectivity index (χ4n) is 3.05. The average Bonchev–Trinajstić information content (AvgIpc) is 2.99. The van der Waals surface area contributed by atoms with E-state index in [2.05, 4.69) is 36.3 Å². The molecule has 0 fully saturated rings. The molecule has 9 heteroatoms. The standard InChI is InChI=1S/C18H24N4O4S/c1-17(2,3)11-18(4,5)19-14(23)10-27-16-21-20-15(26-16)12-7-6-8-13(9-12)22(24)25/h6-9H,10-11H2,1-5H3,(H,19,23). The number of amides is 1. The largest absolute Gasteiger partial charge is 0.411 e. The molecule has 1 aromatic heterocycles. The number of nitro benzene ring substituents is 1. The second-order valence-electron chi connectivity index (χ2n) is 8.14. The first-order valence-electron chi connectivity index (χ1n) is 8.47. The Balaban J connectivity index is 1.95. The van der Waals surface area contributed by atoms with E-state index >= 15 is 0 Å². The molecule has 2 rings (SSSR count). The summed E-state index contributed by atoms with van der Waals surface area (Å²) >= 11 is 1.13. The summed E-state index contributed by atoms with van der Waals surface area (Å²) in [6.07, 6.45) is 0.841. The molecule has 0 atom stereocenters. The van der Waals surface area contributed by atoms with E-state index in [4.69, 9.17) is 4.42 Å². The van der Waals surface area contributed by atoms with Crippen LogP contribution in [0.2, 0.25) is 0 Å². The molecule has 146 valence electrons. The Morgan fingerprint density at radius 2 is 1.96 bits per heavy atom. The minimum absolute atomic E-state index is 0.0552. The number of hydrogen-bond donors (Lipinski definition) is 1. The molecule has 0 spiro atoms. The molecule has 0 saturated carbocycles. The van der Waals surface area contributed by atoms with E-state index in [1.54, 1.807) is 12.1 Å². The highest BCUT2D eigenvalue weighted by atomic mass is 32.2.